The van der Waals surface area contributed by atoms with Crippen molar-refractivity contribution < 1.29 is 4.74 Å². The van der Waals surface area contributed by atoms with Gasteiger partial charge in [0.05, 0.1) is 0 Å². The van der Waals surface area contributed by atoms with Crippen LogP contribution in [0, 0.1) is 6.92 Å². The number of nitrogens with zero attached hydrogens (tertiary/aromatic N) is 1. The standard InChI is InChI=1S/C34H32NOP/c1-27-14-13-21-31(35(24-28-15-5-2-6-16-28)25-29-17-7-3-8-18-29)34(27)37-33-23-12-11-22-32(33)36-26-30-19-9-4-10-20-30/h2-23,37H,24-26H2,1H3. The zero-order valence-corrected chi connectivity index (χ0v) is 22.2. The molecule has 0 aromatic heterocycles. The summed E-state index contributed by atoms with van der Waals surface area (Å²) in [4.78, 5) is 2.51. The van der Waals surface area contributed by atoms with Gasteiger partial charge in [-0.2, -0.15) is 0 Å². The molecule has 0 aliphatic heterocycles. The highest BCUT2D eigenvalue weighted by Gasteiger charge is 2.16. The van der Waals surface area contributed by atoms with Gasteiger partial charge in [-0.05, 0) is 41.3 Å². The number of aryl methyl sites for hydroxylation is 1. The Hall–Kier alpha value is -3.87. The first-order chi connectivity index (χ1) is 18.3. The molecule has 5 rings (SSSR count). The summed E-state index contributed by atoms with van der Waals surface area (Å²) in [5, 5.41) is 2.60. The third-order valence-electron chi connectivity index (χ3n) is 6.41. The number of hydrogen-bond acceptors (Lipinski definition) is 2. The maximum Gasteiger partial charge on any atom is 0.127 e. The molecule has 0 saturated heterocycles. The molecule has 3 heteroatoms. The van der Waals surface area contributed by atoms with E-state index in [0.29, 0.717) is 15.2 Å². The summed E-state index contributed by atoms with van der Waals surface area (Å²) in [6.07, 6.45) is 0. The summed E-state index contributed by atoms with van der Waals surface area (Å²) in [6, 6.07) is 47.0. The van der Waals surface area contributed by atoms with E-state index < -0.39 is 0 Å². The van der Waals surface area contributed by atoms with E-state index >= 15 is 0 Å². The largest absolute Gasteiger partial charge is 0.488 e. The van der Waals surface area contributed by atoms with Crippen LogP contribution in [0.1, 0.15) is 22.3 Å². The van der Waals surface area contributed by atoms with Gasteiger partial charge in [-0.25, -0.2) is 0 Å². The van der Waals surface area contributed by atoms with Gasteiger partial charge in [-0.3, -0.25) is 0 Å². The van der Waals surface area contributed by atoms with Gasteiger partial charge in [-0.1, -0.05) is 130 Å². The third-order valence-corrected chi connectivity index (χ3v) is 7.99. The molecule has 0 aliphatic rings. The number of rotatable bonds is 10. The van der Waals surface area contributed by atoms with E-state index in [-0.39, 0.29) is 0 Å². The van der Waals surface area contributed by atoms with Gasteiger partial charge >= 0.3 is 0 Å². The van der Waals surface area contributed by atoms with Crippen LogP contribution in [0.3, 0.4) is 0 Å². The predicted octanol–water partition coefficient (Wildman–Crippen LogP) is 7.41. The van der Waals surface area contributed by atoms with Crippen LogP contribution in [-0.4, -0.2) is 0 Å². The van der Waals surface area contributed by atoms with E-state index in [2.05, 4.69) is 139 Å². The molecule has 0 amide bonds. The van der Waals surface area contributed by atoms with Crippen LogP contribution in [0.4, 0.5) is 5.69 Å². The van der Waals surface area contributed by atoms with Crippen LogP contribution in [0.2, 0.25) is 0 Å². The maximum atomic E-state index is 6.32. The second-order valence-corrected chi connectivity index (χ2v) is 10.5. The quantitative estimate of drug-likeness (QED) is 0.185. The van der Waals surface area contributed by atoms with Gasteiger partial charge in [0, 0.05) is 29.4 Å². The smallest absolute Gasteiger partial charge is 0.127 e. The van der Waals surface area contributed by atoms with Gasteiger partial charge in [0.15, 0.2) is 0 Å². The molecule has 1 atom stereocenters. The minimum absolute atomic E-state index is 0.488. The molecular weight excluding hydrogens is 469 g/mol. The fourth-order valence-electron chi connectivity index (χ4n) is 4.48. The Bertz CT molecular complexity index is 1360. The van der Waals surface area contributed by atoms with E-state index in [1.165, 1.54) is 38.6 Å². The van der Waals surface area contributed by atoms with Crippen molar-refractivity contribution in [3.8, 4) is 5.75 Å². The summed E-state index contributed by atoms with van der Waals surface area (Å²) >= 11 is 0. The fourth-order valence-corrected chi connectivity index (χ4v) is 5.86. The van der Waals surface area contributed by atoms with Crippen molar-refractivity contribution in [1.82, 2.24) is 0 Å². The first kappa shape index (κ1) is 24.8. The van der Waals surface area contributed by atoms with Crippen LogP contribution in [0.15, 0.2) is 133 Å². The fraction of sp³-hybridized carbons (Fsp3) is 0.118. The summed E-state index contributed by atoms with van der Waals surface area (Å²) < 4.78 is 6.32. The molecule has 0 saturated carbocycles. The summed E-state index contributed by atoms with van der Waals surface area (Å²) in [7, 11) is 0.488. The van der Waals surface area contributed by atoms with E-state index in [9.17, 15) is 0 Å². The maximum absolute atomic E-state index is 6.32. The molecule has 0 bridgehead atoms. The molecular formula is C34H32NOP. The highest BCUT2D eigenvalue weighted by molar-refractivity contribution is 7.56. The highest BCUT2D eigenvalue weighted by atomic mass is 31.1. The lowest BCUT2D eigenvalue weighted by molar-refractivity contribution is 0.309. The molecule has 5 aromatic rings. The Labute approximate surface area is 222 Å². The molecule has 2 nitrogen and oxygen atoms in total. The molecule has 1 unspecified atom stereocenters. The third kappa shape index (κ3) is 6.67. The van der Waals surface area contributed by atoms with Crippen LogP contribution in [-0.2, 0) is 19.7 Å². The number of hydrogen-bond donors (Lipinski definition) is 0. The number of benzene rings is 5. The average Bonchev–Trinajstić information content (AvgIpc) is 2.95. The molecule has 37 heavy (non-hydrogen) atoms. The van der Waals surface area contributed by atoms with Crippen molar-refractivity contribution in [2.75, 3.05) is 4.90 Å². The molecule has 0 spiro atoms. The normalized spacial score (nSPS) is 11.1. The van der Waals surface area contributed by atoms with Crippen LogP contribution >= 0.6 is 8.58 Å². The summed E-state index contributed by atoms with van der Waals surface area (Å²) in [5.41, 5.74) is 6.37. The Morgan fingerprint density at radius 1 is 0.568 bits per heavy atom. The zero-order valence-electron chi connectivity index (χ0n) is 21.2. The Morgan fingerprint density at radius 3 is 1.73 bits per heavy atom. The van der Waals surface area contributed by atoms with E-state index in [0.717, 1.165) is 18.8 Å². The minimum Gasteiger partial charge on any atom is -0.488 e. The predicted molar refractivity (Wildman–Crippen MR) is 159 cm³/mol. The van der Waals surface area contributed by atoms with Crippen LogP contribution in [0.5, 0.6) is 5.75 Å². The van der Waals surface area contributed by atoms with Crippen molar-refractivity contribution in [3.63, 3.8) is 0 Å². The zero-order chi connectivity index (χ0) is 25.3. The van der Waals surface area contributed by atoms with Crippen molar-refractivity contribution in [1.29, 1.82) is 0 Å². The first-order valence-electron chi connectivity index (χ1n) is 12.7. The Kier molecular flexibility index (Phi) is 8.31. The average molecular weight is 502 g/mol. The second-order valence-electron chi connectivity index (χ2n) is 9.19. The van der Waals surface area contributed by atoms with Gasteiger partial charge in [-0.15, -0.1) is 0 Å². The lowest BCUT2D eigenvalue weighted by Gasteiger charge is -2.29. The van der Waals surface area contributed by atoms with Crippen molar-refractivity contribution in [3.05, 3.63) is 156 Å². The monoisotopic (exact) mass is 501 g/mol. The molecule has 0 fully saturated rings. The van der Waals surface area contributed by atoms with Crippen molar-refractivity contribution in [2.24, 2.45) is 0 Å². The summed E-state index contributed by atoms with van der Waals surface area (Å²) in [5.74, 6) is 0.955. The molecule has 0 heterocycles. The molecule has 0 N–H and O–H groups in total. The van der Waals surface area contributed by atoms with Gasteiger partial charge in [0.2, 0.25) is 0 Å². The van der Waals surface area contributed by atoms with Gasteiger partial charge in [0.1, 0.15) is 12.4 Å². The lowest BCUT2D eigenvalue weighted by atomic mass is 10.1. The van der Waals surface area contributed by atoms with E-state index in [1.54, 1.807) is 0 Å². The van der Waals surface area contributed by atoms with Crippen LogP contribution < -0.4 is 20.2 Å². The number of anilines is 1. The topological polar surface area (TPSA) is 12.5 Å². The van der Waals surface area contributed by atoms with Gasteiger partial charge < -0.3 is 9.64 Å². The molecule has 0 aliphatic carbocycles. The molecule has 184 valence electrons. The first-order valence-corrected chi connectivity index (χ1v) is 13.7. The minimum atomic E-state index is 0.488. The number of ether oxygens (including phenoxy) is 1. The van der Waals surface area contributed by atoms with Crippen LogP contribution in [0.25, 0.3) is 0 Å². The van der Waals surface area contributed by atoms with Crippen molar-refractivity contribution >= 4 is 24.9 Å². The summed E-state index contributed by atoms with van der Waals surface area (Å²) in [6.45, 7) is 4.49. The van der Waals surface area contributed by atoms with Gasteiger partial charge in [0.25, 0.3) is 0 Å². The lowest BCUT2D eigenvalue weighted by Crippen LogP contribution is -2.27. The SMILES string of the molecule is Cc1cccc(N(Cc2ccccc2)Cc2ccccc2)c1Pc1ccccc1OCc1ccccc1. The van der Waals surface area contributed by atoms with E-state index in [4.69, 9.17) is 4.74 Å². The molecule has 5 aromatic carbocycles. The number of para-hydroxylation sites is 1. The highest BCUT2D eigenvalue weighted by Crippen LogP contribution is 2.29. The Morgan fingerprint density at radius 2 is 1.11 bits per heavy atom. The Balaban J connectivity index is 1.46. The molecule has 0 radical (unpaired) electrons. The van der Waals surface area contributed by atoms with E-state index in [1.807, 2.05) is 6.07 Å². The second kappa shape index (κ2) is 12.4. The van der Waals surface area contributed by atoms with Crippen molar-refractivity contribution in [2.45, 2.75) is 26.6 Å².